The molecule has 0 saturated carbocycles. The lowest BCUT2D eigenvalue weighted by Gasteiger charge is -2.12. The average molecular weight is 496 g/mol. The number of H-pyrrole nitrogens is 1. The van der Waals surface area contributed by atoms with Gasteiger partial charge in [0.05, 0.1) is 21.3 Å². The van der Waals surface area contributed by atoms with Gasteiger partial charge in [-0.3, -0.25) is 0 Å². The molecule has 4 rings (SSSR count). The second-order valence-electron chi connectivity index (χ2n) is 7.40. The molecule has 0 unspecified atom stereocenters. The van der Waals surface area contributed by atoms with Crippen molar-refractivity contribution >= 4 is 63.5 Å². The normalized spacial score (nSPS) is 11.8. The van der Waals surface area contributed by atoms with Crippen LogP contribution in [0.2, 0.25) is 10.0 Å². The molecule has 33 heavy (non-hydrogen) atoms. The second kappa shape index (κ2) is 8.95. The Hall–Kier alpha value is -3.24. The van der Waals surface area contributed by atoms with Gasteiger partial charge >= 0.3 is 6.18 Å². The Morgan fingerprint density at radius 3 is 2.18 bits per heavy atom. The highest BCUT2D eigenvalue weighted by atomic mass is 35.5. The van der Waals surface area contributed by atoms with E-state index in [-0.39, 0.29) is 6.04 Å². The topological polar surface area (TPSA) is 90.5 Å². The van der Waals surface area contributed by atoms with Crippen molar-refractivity contribution in [1.82, 2.24) is 19.9 Å². The van der Waals surface area contributed by atoms with E-state index in [1.54, 1.807) is 18.2 Å². The fraction of sp³-hybridized carbons (Fsp3) is 0.190. The van der Waals surface area contributed by atoms with E-state index in [9.17, 15) is 13.2 Å². The van der Waals surface area contributed by atoms with Gasteiger partial charge in [-0.05, 0) is 50.2 Å². The lowest BCUT2D eigenvalue weighted by Crippen LogP contribution is -2.13. The van der Waals surface area contributed by atoms with E-state index >= 15 is 0 Å². The highest BCUT2D eigenvalue weighted by Crippen LogP contribution is 2.34. The highest BCUT2D eigenvalue weighted by Gasteiger charge is 2.30. The Balaban J connectivity index is 1.72. The third-order valence-corrected chi connectivity index (χ3v) is 5.08. The molecule has 7 nitrogen and oxygen atoms in total. The van der Waals surface area contributed by atoms with Gasteiger partial charge in [0.2, 0.25) is 11.9 Å². The van der Waals surface area contributed by atoms with Crippen LogP contribution in [-0.4, -0.2) is 26.0 Å². The maximum Gasteiger partial charge on any atom is 0.416 e. The van der Waals surface area contributed by atoms with Gasteiger partial charge in [-0.2, -0.15) is 28.1 Å². The molecule has 0 spiro atoms. The number of benzene rings is 2. The highest BCUT2D eigenvalue weighted by molar-refractivity contribution is 6.39. The van der Waals surface area contributed by atoms with Gasteiger partial charge in [0, 0.05) is 11.7 Å². The van der Waals surface area contributed by atoms with Crippen molar-refractivity contribution in [2.45, 2.75) is 26.1 Å². The number of nitrogens with zero attached hydrogens (tertiary/aromatic N) is 3. The second-order valence-corrected chi connectivity index (χ2v) is 8.22. The minimum atomic E-state index is -4.42. The summed E-state index contributed by atoms with van der Waals surface area (Å²) in [6.45, 7) is 3.85. The van der Waals surface area contributed by atoms with Crippen molar-refractivity contribution in [3.8, 4) is 0 Å². The number of hydrogen-bond donors (Lipinski definition) is 4. The number of halogens is 5. The van der Waals surface area contributed by atoms with Gasteiger partial charge in [-0.1, -0.05) is 29.3 Å². The van der Waals surface area contributed by atoms with E-state index in [1.165, 1.54) is 12.1 Å². The van der Waals surface area contributed by atoms with E-state index in [4.69, 9.17) is 23.2 Å². The molecular weight excluding hydrogens is 478 g/mol. The fourth-order valence-electron chi connectivity index (χ4n) is 2.98. The molecule has 0 bridgehead atoms. The third kappa shape index (κ3) is 5.23. The number of aromatic amines is 1. The minimum absolute atomic E-state index is 0.0415. The van der Waals surface area contributed by atoms with Crippen LogP contribution in [0.15, 0.2) is 42.5 Å². The maximum absolute atomic E-state index is 12.9. The molecule has 0 saturated heterocycles. The van der Waals surface area contributed by atoms with Crippen molar-refractivity contribution in [1.29, 1.82) is 0 Å². The summed E-state index contributed by atoms with van der Waals surface area (Å²) >= 11 is 12.5. The first-order valence-electron chi connectivity index (χ1n) is 9.80. The largest absolute Gasteiger partial charge is 0.416 e. The molecule has 0 atom stereocenters. The van der Waals surface area contributed by atoms with Crippen molar-refractivity contribution < 1.29 is 13.2 Å². The monoisotopic (exact) mass is 495 g/mol. The summed E-state index contributed by atoms with van der Waals surface area (Å²) in [7, 11) is 0. The molecule has 0 aliphatic heterocycles. The number of aromatic nitrogens is 4. The zero-order chi connectivity index (χ0) is 23.8. The predicted molar refractivity (Wildman–Crippen MR) is 125 cm³/mol. The van der Waals surface area contributed by atoms with Crippen molar-refractivity contribution in [2.24, 2.45) is 0 Å². The first-order valence-corrected chi connectivity index (χ1v) is 10.6. The standard InChI is InChI=1S/C21H18Cl2F3N7/c1-10(2)27-19-31-17(28-12-8-6-11(7-9-12)21(24,25)26)16-18(32-19)33-20(30-16)29-15-13(22)4-3-5-14(15)23/h3-10H,1-2H3,(H4,27,28,29,30,31,32,33). The summed E-state index contributed by atoms with van der Waals surface area (Å²) in [5, 5.41) is 9.97. The summed E-state index contributed by atoms with van der Waals surface area (Å²) in [5.41, 5.74) is 0.901. The van der Waals surface area contributed by atoms with Gasteiger partial charge in [0.25, 0.3) is 0 Å². The molecule has 2 aromatic carbocycles. The summed E-state index contributed by atoms with van der Waals surface area (Å²) in [5.74, 6) is 0.945. The average Bonchev–Trinajstić information content (AvgIpc) is 3.13. The Bertz CT molecular complexity index is 1270. The van der Waals surface area contributed by atoms with Gasteiger partial charge in [0.15, 0.2) is 11.5 Å². The molecule has 0 amide bonds. The molecule has 4 aromatic rings. The minimum Gasteiger partial charge on any atom is -0.352 e. The smallest absolute Gasteiger partial charge is 0.352 e. The number of hydrogen-bond acceptors (Lipinski definition) is 6. The fourth-order valence-corrected chi connectivity index (χ4v) is 3.48. The van der Waals surface area contributed by atoms with Crippen molar-refractivity contribution in [3.63, 3.8) is 0 Å². The number of rotatable bonds is 6. The van der Waals surface area contributed by atoms with Crippen molar-refractivity contribution in [2.75, 3.05) is 16.0 Å². The van der Waals surface area contributed by atoms with Crippen LogP contribution >= 0.6 is 23.2 Å². The molecule has 2 heterocycles. The number of anilines is 5. The Morgan fingerprint density at radius 1 is 0.909 bits per heavy atom. The van der Waals surface area contributed by atoms with E-state index in [0.29, 0.717) is 50.3 Å². The number of alkyl halides is 3. The molecule has 0 radical (unpaired) electrons. The Kier molecular flexibility index (Phi) is 6.22. The summed E-state index contributed by atoms with van der Waals surface area (Å²) < 4.78 is 38.6. The summed E-state index contributed by atoms with van der Waals surface area (Å²) in [6, 6.07) is 9.76. The lowest BCUT2D eigenvalue weighted by molar-refractivity contribution is -0.137. The number of para-hydroxylation sites is 1. The van der Waals surface area contributed by atoms with Crippen LogP contribution in [-0.2, 0) is 6.18 Å². The van der Waals surface area contributed by atoms with E-state index in [2.05, 4.69) is 35.9 Å². The number of fused-ring (bicyclic) bond motifs is 1. The number of imidazole rings is 1. The molecular formula is C21H18Cl2F3N7. The van der Waals surface area contributed by atoms with Crippen LogP contribution < -0.4 is 16.0 Å². The Labute approximate surface area is 196 Å². The predicted octanol–water partition coefficient (Wildman–Crippen LogP) is 6.99. The third-order valence-electron chi connectivity index (χ3n) is 4.45. The molecule has 2 aromatic heterocycles. The molecule has 0 aliphatic rings. The lowest BCUT2D eigenvalue weighted by atomic mass is 10.2. The van der Waals surface area contributed by atoms with E-state index < -0.39 is 11.7 Å². The SMILES string of the molecule is CC(C)Nc1nc(Nc2ccc(C(F)(F)F)cc2)c2[nH]c(Nc3c(Cl)cccc3Cl)nc2n1. The van der Waals surface area contributed by atoms with Crippen LogP contribution in [0.5, 0.6) is 0 Å². The first-order chi connectivity index (χ1) is 15.6. The summed E-state index contributed by atoms with van der Waals surface area (Å²) in [4.78, 5) is 16.4. The van der Waals surface area contributed by atoms with Crippen LogP contribution in [0.3, 0.4) is 0 Å². The first kappa shape index (κ1) is 22.9. The van der Waals surface area contributed by atoms with E-state index in [1.807, 2.05) is 13.8 Å². The van der Waals surface area contributed by atoms with Gasteiger partial charge < -0.3 is 20.9 Å². The van der Waals surface area contributed by atoms with Crippen LogP contribution in [0.25, 0.3) is 11.2 Å². The zero-order valence-corrected chi connectivity index (χ0v) is 18.9. The summed E-state index contributed by atoms with van der Waals surface area (Å²) in [6.07, 6.45) is -4.42. The van der Waals surface area contributed by atoms with Crippen LogP contribution in [0, 0.1) is 0 Å². The van der Waals surface area contributed by atoms with Crippen LogP contribution in [0.4, 0.5) is 42.3 Å². The number of nitrogens with one attached hydrogen (secondary N) is 4. The maximum atomic E-state index is 12.9. The van der Waals surface area contributed by atoms with Gasteiger partial charge in [-0.15, -0.1) is 0 Å². The van der Waals surface area contributed by atoms with Gasteiger partial charge in [0.1, 0.15) is 5.52 Å². The molecule has 0 fully saturated rings. The molecule has 4 N–H and O–H groups in total. The van der Waals surface area contributed by atoms with E-state index in [0.717, 1.165) is 12.1 Å². The van der Waals surface area contributed by atoms with Crippen molar-refractivity contribution in [3.05, 3.63) is 58.1 Å². The molecule has 12 heteroatoms. The molecule has 0 aliphatic carbocycles. The van der Waals surface area contributed by atoms with Gasteiger partial charge in [-0.25, -0.2) is 0 Å². The molecule has 172 valence electrons. The Morgan fingerprint density at radius 2 is 1.58 bits per heavy atom. The zero-order valence-electron chi connectivity index (χ0n) is 17.4. The quantitative estimate of drug-likeness (QED) is 0.230. The van der Waals surface area contributed by atoms with Crippen LogP contribution in [0.1, 0.15) is 19.4 Å².